The third-order valence-corrected chi connectivity index (χ3v) is 3.06. The van der Waals surface area contributed by atoms with E-state index in [1.165, 1.54) is 0 Å². The third-order valence-electron chi connectivity index (χ3n) is 3.06. The van der Waals surface area contributed by atoms with E-state index in [1.54, 1.807) is 13.8 Å². The van der Waals surface area contributed by atoms with E-state index >= 15 is 0 Å². The number of allylic oxidation sites excluding steroid dienone is 1. The van der Waals surface area contributed by atoms with Gasteiger partial charge in [0.15, 0.2) is 11.5 Å². The highest BCUT2D eigenvalue weighted by Gasteiger charge is 2.13. The fraction of sp³-hybridized carbons (Fsp3) is 0.357. The van der Waals surface area contributed by atoms with Crippen molar-refractivity contribution >= 4 is 11.5 Å². The molecule has 0 fully saturated rings. The van der Waals surface area contributed by atoms with Crippen LogP contribution in [0.5, 0.6) is 11.5 Å². The van der Waals surface area contributed by atoms with E-state index in [4.69, 9.17) is 14.6 Å². The molecule has 4 heteroatoms. The van der Waals surface area contributed by atoms with Crippen LogP contribution >= 0.6 is 0 Å². The number of carboxylic acid groups (broad SMARTS) is 1. The summed E-state index contributed by atoms with van der Waals surface area (Å²) in [7, 11) is 0. The molecule has 0 amide bonds. The zero-order valence-corrected chi connectivity index (χ0v) is 10.5. The van der Waals surface area contributed by atoms with Crippen LogP contribution in [0.4, 0.5) is 0 Å². The Balaban J connectivity index is 2.39. The van der Waals surface area contributed by atoms with Gasteiger partial charge in [0, 0.05) is 12.0 Å². The molecule has 1 aromatic carbocycles. The molecule has 0 bridgehead atoms. The number of hydrogen-bond acceptors (Lipinski definition) is 3. The van der Waals surface area contributed by atoms with Gasteiger partial charge in [-0.05, 0) is 37.1 Å². The van der Waals surface area contributed by atoms with Gasteiger partial charge >= 0.3 is 5.97 Å². The predicted molar refractivity (Wildman–Crippen MR) is 68.0 cm³/mol. The first-order chi connectivity index (χ1) is 8.59. The van der Waals surface area contributed by atoms with E-state index in [-0.39, 0.29) is 0 Å². The van der Waals surface area contributed by atoms with Crippen LogP contribution < -0.4 is 9.47 Å². The van der Waals surface area contributed by atoms with E-state index < -0.39 is 5.97 Å². The largest absolute Gasteiger partial charge is 0.490 e. The Bertz CT molecular complexity index is 503. The van der Waals surface area contributed by atoms with Gasteiger partial charge < -0.3 is 14.6 Å². The molecule has 0 saturated heterocycles. The fourth-order valence-electron chi connectivity index (χ4n) is 1.77. The van der Waals surface area contributed by atoms with Gasteiger partial charge in [-0.1, -0.05) is 6.07 Å². The Hall–Kier alpha value is -1.97. The predicted octanol–water partition coefficient (Wildman–Crippen LogP) is 2.73. The molecule has 0 unspecified atom stereocenters. The summed E-state index contributed by atoms with van der Waals surface area (Å²) in [5.74, 6) is 0.499. The van der Waals surface area contributed by atoms with E-state index in [2.05, 4.69) is 0 Å². The lowest BCUT2D eigenvalue weighted by atomic mass is 10.0. The van der Waals surface area contributed by atoms with Crippen LogP contribution in [0, 0.1) is 0 Å². The van der Waals surface area contributed by atoms with E-state index in [1.807, 2.05) is 18.2 Å². The summed E-state index contributed by atoms with van der Waals surface area (Å²) in [4.78, 5) is 10.9. The molecule has 0 aliphatic carbocycles. The summed E-state index contributed by atoms with van der Waals surface area (Å²) >= 11 is 0. The van der Waals surface area contributed by atoms with Crippen molar-refractivity contribution < 1.29 is 19.4 Å². The molecule has 18 heavy (non-hydrogen) atoms. The first-order valence-corrected chi connectivity index (χ1v) is 5.90. The summed E-state index contributed by atoms with van der Waals surface area (Å²) in [5.41, 5.74) is 1.92. The lowest BCUT2D eigenvalue weighted by Crippen LogP contribution is -1.99. The van der Waals surface area contributed by atoms with Crippen LogP contribution in [0.3, 0.4) is 0 Å². The quantitative estimate of drug-likeness (QED) is 0.817. The maximum Gasteiger partial charge on any atom is 0.331 e. The van der Waals surface area contributed by atoms with E-state index in [0.717, 1.165) is 23.3 Å². The van der Waals surface area contributed by atoms with Crippen molar-refractivity contribution in [2.45, 2.75) is 20.3 Å². The molecule has 1 N–H and O–H groups in total. The third kappa shape index (κ3) is 2.47. The minimum absolute atomic E-state index is 0.337. The van der Waals surface area contributed by atoms with Gasteiger partial charge in [-0.3, -0.25) is 0 Å². The Kier molecular flexibility index (Phi) is 3.55. The van der Waals surface area contributed by atoms with Crippen molar-refractivity contribution in [2.24, 2.45) is 0 Å². The molecule has 0 atom stereocenters. The number of hydrogen-bond donors (Lipinski definition) is 1. The molecule has 0 saturated carbocycles. The SMILES string of the molecule is CC(C(=O)O)=C(C)c1ccc2c(c1)OCCCO2. The number of rotatable bonds is 2. The Morgan fingerprint density at radius 2 is 1.83 bits per heavy atom. The number of carbonyl (C=O) groups is 1. The highest BCUT2D eigenvalue weighted by atomic mass is 16.5. The molecule has 1 aromatic rings. The molecular weight excluding hydrogens is 232 g/mol. The molecule has 4 nitrogen and oxygen atoms in total. The van der Waals surface area contributed by atoms with Gasteiger partial charge in [0.1, 0.15) is 0 Å². The van der Waals surface area contributed by atoms with Crippen LogP contribution in [0.1, 0.15) is 25.8 Å². The number of carboxylic acids is 1. The topological polar surface area (TPSA) is 55.8 Å². The molecule has 1 heterocycles. The lowest BCUT2D eigenvalue weighted by Gasteiger charge is -2.10. The molecule has 0 radical (unpaired) electrons. The minimum Gasteiger partial charge on any atom is -0.490 e. The van der Waals surface area contributed by atoms with Crippen molar-refractivity contribution in [1.82, 2.24) is 0 Å². The molecular formula is C14H16O4. The maximum absolute atomic E-state index is 10.9. The Morgan fingerprint density at radius 1 is 1.17 bits per heavy atom. The average molecular weight is 248 g/mol. The van der Waals surface area contributed by atoms with Crippen LogP contribution in [-0.2, 0) is 4.79 Å². The Morgan fingerprint density at radius 3 is 2.50 bits per heavy atom. The van der Waals surface area contributed by atoms with E-state index in [0.29, 0.717) is 24.5 Å². The smallest absolute Gasteiger partial charge is 0.331 e. The summed E-state index contributed by atoms with van der Waals surface area (Å²) < 4.78 is 11.1. The van der Waals surface area contributed by atoms with Crippen molar-refractivity contribution in [2.75, 3.05) is 13.2 Å². The normalized spacial score (nSPS) is 15.7. The lowest BCUT2D eigenvalue weighted by molar-refractivity contribution is -0.132. The van der Waals surface area contributed by atoms with Crippen molar-refractivity contribution in [3.05, 3.63) is 29.3 Å². The fourth-order valence-corrected chi connectivity index (χ4v) is 1.77. The second-order valence-electron chi connectivity index (χ2n) is 4.27. The zero-order valence-electron chi connectivity index (χ0n) is 10.5. The molecule has 1 aliphatic rings. The maximum atomic E-state index is 10.9. The van der Waals surface area contributed by atoms with Crippen molar-refractivity contribution in [3.63, 3.8) is 0 Å². The number of fused-ring (bicyclic) bond motifs is 1. The van der Waals surface area contributed by atoms with Crippen LogP contribution in [0.2, 0.25) is 0 Å². The molecule has 0 aromatic heterocycles. The number of benzene rings is 1. The van der Waals surface area contributed by atoms with Gasteiger partial charge in [-0.15, -0.1) is 0 Å². The number of ether oxygens (including phenoxy) is 2. The monoisotopic (exact) mass is 248 g/mol. The standard InChI is InChI=1S/C14H16O4/c1-9(10(2)14(15)16)11-4-5-12-13(8-11)18-7-3-6-17-12/h4-5,8H,3,6-7H2,1-2H3,(H,15,16). The minimum atomic E-state index is -0.903. The van der Waals surface area contributed by atoms with Gasteiger partial charge in [-0.25, -0.2) is 4.79 Å². The molecule has 1 aliphatic heterocycles. The summed E-state index contributed by atoms with van der Waals surface area (Å²) in [5, 5.41) is 8.98. The van der Waals surface area contributed by atoms with Gasteiger partial charge in [0.05, 0.1) is 13.2 Å². The van der Waals surface area contributed by atoms with E-state index in [9.17, 15) is 4.79 Å². The first-order valence-electron chi connectivity index (χ1n) is 5.90. The van der Waals surface area contributed by atoms with Crippen molar-refractivity contribution in [1.29, 1.82) is 0 Å². The number of aliphatic carboxylic acids is 1. The molecule has 0 spiro atoms. The van der Waals surface area contributed by atoms with Gasteiger partial charge in [0.25, 0.3) is 0 Å². The summed E-state index contributed by atoms with van der Waals surface area (Å²) in [6.45, 7) is 4.66. The second-order valence-corrected chi connectivity index (χ2v) is 4.27. The summed E-state index contributed by atoms with van der Waals surface area (Å²) in [6.07, 6.45) is 0.854. The highest BCUT2D eigenvalue weighted by Crippen LogP contribution is 2.33. The van der Waals surface area contributed by atoms with Gasteiger partial charge in [0.2, 0.25) is 0 Å². The highest BCUT2D eigenvalue weighted by molar-refractivity contribution is 5.95. The first kappa shape index (κ1) is 12.5. The van der Waals surface area contributed by atoms with Crippen LogP contribution in [-0.4, -0.2) is 24.3 Å². The van der Waals surface area contributed by atoms with Crippen LogP contribution in [0.25, 0.3) is 5.57 Å². The Labute approximate surface area is 106 Å². The summed E-state index contributed by atoms with van der Waals surface area (Å²) in [6, 6.07) is 5.52. The second kappa shape index (κ2) is 5.12. The zero-order chi connectivity index (χ0) is 13.1. The molecule has 96 valence electrons. The molecule has 2 rings (SSSR count). The van der Waals surface area contributed by atoms with Gasteiger partial charge in [-0.2, -0.15) is 0 Å². The van der Waals surface area contributed by atoms with Crippen molar-refractivity contribution in [3.8, 4) is 11.5 Å². The average Bonchev–Trinajstić information content (AvgIpc) is 2.60. The van der Waals surface area contributed by atoms with Crippen LogP contribution in [0.15, 0.2) is 23.8 Å².